The molecule has 0 bridgehead atoms. The molecule has 4 rings (SSSR count). The summed E-state index contributed by atoms with van der Waals surface area (Å²) in [7, 11) is 0. The van der Waals surface area contributed by atoms with Crippen LogP contribution in [0.25, 0.3) is 10.9 Å². The molecule has 3 aromatic carbocycles. The molecule has 0 aliphatic carbocycles. The molecule has 0 aliphatic rings. The second-order valence-electron chi connectivity index (χ2n) is 7.77. The van der Waals surface area contributed by atoms with Crippen LogP contribution in [0.4, 0.5) is 10.5 Å². The van der Waals surface area contributed by atoms with Crippen molar-refractivity contribution in [3.05, 3.63) is 105 Å². The van der Waals surface area contributed by atoms with Crippen molar-refractivity contribution in [2.75, 3.05) is 5.32 Å². The highest BCUT2D eigenvalue weighted by atomic mass is 79.9. The molecule has 1 unspecified atom stereocenters. The summed E-state index contributed by atoms with van der Waals surface area (Å²) in [6.45, 7) is 4.65. The summed E-state index contributed by atoms with van der Waals surface area (Å²) in [4.78, 5) is 33.2. The predicted molar refractivity (Wildman–Crippen MR) is 135 cm³/mol. The van der Waals surface area contributed by atoms with Crippen LogP contribution in [0.3, 0.4) is 0 Å². The number of hydrogen-bond donors (Lipinski definition) is 1. The Labute approximate surface area is 201 Å². The first-order valence-corrected chi connectivity index (χ1v) is 11.6. The Bertz CT molecular complexity index is 1340. The molecule has 0 saturated heterocycles. The van der Waals surface area contributed by atoms with Crippen molar-refractivity contribution >= 4 is 38.6 Å². The molecule has 1 N–H and O–H groups in total. The van der Waals surface area contributed by atoms with E-state index in [1.807, 2.05) is 86.6 Å². The van der Waals surface area contributed by atoms with Gasteiger partial charge in [0.25, 0.3) is 5.56 Å². The van der Waals surface area contributed by atoms with E-state index < -0.39 is 6.04 Å². The highest BCUT2D eigenvalue weighted by Gasteiger charge is 2.26. The van der Waals surface area contributed by atoms with Crippen molar-refractivity contribution < 1.29 is 4.79 Å². The Morgan fingerprint density at radius 2 is 1.79 bits per heavy atom. The molecular formula is C26H25BrN4O2. The molecule has 1 heterocycles. The maximum Gasteiger partial charge on any atom is 0.322 e. The van der Waals surface area contributed by atoms with Crippen molar-refractivity contribution in [1.29, 1.82) is 0 Å². The van der Waals surface area contributed by atoms with Crippen LogP contribution in [0.2, 0.25) is 0 Å². The molecule has 4 aromatic rings. The number of carbonyl (C=O) groups is 1. The van der Waals surface area contributed by atoms with Gasteiger partial charge in [-0.25, -0.2) is 9.78 Å². The fourth-order valence-corrected chi connectivity index (χ4v) is 4.27. The number of hydrogen-bond acceptors (Lipinski definition) is 3. The standard InChI is InChI=1S/C26H25BrN4O2/c1-3-30-24(29-23-15-8-7-14-22(23)25(30)32)18(2)31(17-19-10-5-4-6-11-19)26(33)28-21-13-9-12-20(27)16-21/h4-16,18H,3,17H2,1-2H3,(H,28,33). The minimum atomic E-state index is -0.449. The topological polar surface area (TPSA) is 67.2 Å². The number of benzene rings is 3. The number of anilines is 1. The van der Waals surface area contributed by atoms with E-state index in [1.54, 1.807) is 15.5 Å². The van der Waals surface area contributed by atoms with E-state index in [4.69, 9.17) is 4.98 Å². The Kier molecular flexibility index (Phi) is 6.89. The van der Waals surface area contributed by atoms with Gasteiger partial charge in [0.2, 0.25) is 0 Å². The Balaban J connectivity index is 1.76. The zero-order valence-electron chi connectivity index (χ0n) is 18.5. The van der Waals surface area contributed by atoms with E-state index >= 15 is 0 Å². The van der Waals surface area contributed by atoms with E-state index in [-0.39, 0.29) is 11.6 Å². The van der Waals surface area contributed by atoms with Gasteiger partial charge in [-0.15, -0.1) is 0 Å². The average molecular weight is 505 g/mol. The third kappa shape index (κ3) is 4.98. The number of nitrogens with zero attached hydrogens (tertiary/aromatic N) is 3. The lowest BCUT2D eigenvalue weighted by molar-refractivity contribution is 0.184. The normalized spacial score (nSPS) is 11.8. The molecule has 7 heteroatoms. The van der Waals surface area contributed by atoms with Gasteiger partial charge in [0.1, 0.15) is 5.82 Å². The van der Waals surface area contributed by atoms with Gasteiger partial charge in [-0.1, -0.05) is 64.5 Å². The van der Waals surface area contributed by atoms with Gasteiger partial charge in [-0.2, -0.15) is 0 Å². The van der Waals surface area contributed by atoms with Gasteiger partial charge in [0.05, 0.1) is 16.9 Å². The van der Waals surface area contributed by atoms with Gasteiger partial charge in [-0.05, 0) is 49.7 Å². The fraction of sp³-hybridized carbons (Fsp3) is 0.192. The van der Waals surface area contributed by atoms with Gasteiger partial charge in [-0.3, -0.25) is 9.36 Å². The van der Waals surface area contributed by atoms with Crippen LogP contribution in [-0.2, 0) is 13.1 Å². The van der Waals surface area contributed by atoms with E-state index in [9.17, 15) is 9.59 Å². The lowest BCUT2D eigenvalue weighted by Crippen LogP contribution is -2.39. The maximum absolute atomic E-state index is 13.5. The van der Waals surface area contributed by atoms with E-state index in [1.165, 1.54) is 0 Å². The summed E-state index contributed by atoms with van der Waals surface area (Å²) in [5.41, 5.74) is 2.19. The molecule has 0 aliphatic heterocycles. The average Bonchev–Trinajstić information content (AvgIpc) is 2.82. The van der Waals surface area contributed by atoms with Crippen LogP contribution < -0.4 is 10.9 Å². The zero-order chi connectivity index (χ0) is 23.4. The van der Waals surface area contributed by atoms with Crippen molar-refractivity contribution in [3.63, 3.8) is 0 Å². The van der Waals surface area contributed by atoms with E-state index in [0.29, 0.717) is 35.5 Å². The number of fused-ring (bicyclic) bond motifs is 1. The minimum absolute atomic E-state index is 0.1000. The highest BCUT2D eigenvalue weighted by molar-refractivity contribution is 9.10. The third-order valence-corrected chi connectivity index (χ3v) is 6.07. The molecule has 0 fully saturated rings. The molecule has 6 nitrogen and oxygen atoms in total. The number of para-hydroxylation sites is 1. The Morgan fingerprint density at radius 1 is 1.06 bits per heavy atom. The van der Waals surface area contributed by atoms with Crippen LogP contribution in [0.15, 0.2) is 88.1 Å². The summed E-state index contributed by atoms with van der Waals surface area (Å²) >= 11 is 3.45. The van der Waals surface area contributed by atoms with Gasteiger partial charge >= 0.3 is 6.03 Å². The summed E-state index contributed by atoms with van der Waals surface area (Å²) < 4.78 is 2.52. The molecule has 0 saturated carbocycles. The van der Waals surface area contributed by atoms with Crippen LogP contribution >= 0.6 is 15.9 Å². The quantitative estimate of drug-likeness (QED) is 0.351. The Hall–Kier alpha value is -3.45. The van der Waals surface area contributed by atoms with Gasteiger partial charge in [0, 0.05) is 23.2 Å². The molecule has 168 valence electrons. The smallest absolute Gasteiger partial charge is 0.310 e. The van der Waals surface area contributed by atoms with Crippen LogP contribution in [0, 0.1) is 0 Å². The molecule has 0 radical (unpaired) electrons. The summed E-state index contributed by atoms with van der Waals surface area (Å²) in [5.74, 6) is 0.557. The first-order valence-electron chi connectivity index (χ1n) is 10.8. The third-order valence-electron chi connectivity index (χ3n) is 5.58. The molecule has 1 atom stereocenters. The molecule has 2 amide bonds. The number of urea groups is 1. The summed E-state index contributed by atoms with van der Waals surface area (Å²) in [6, 6.07) is 23.8. The van der Waals surface area contributed by atoms with Crippen molar-refractivity contribution in [3.8, 4) is 0 Å². The summed E-state index contributed by atoms with van der Waals surface area (Å²) in [6.07, 6.45) is 0. The number of halogens is 1. The lowest BCUT2D eigenvalue weighted by atomic mass is 10.1. The second-order valence-corrected chi connectivity index (χ2v) is 8.68. The largest absolute Gasteiger partial charge is 0.322 e. The Morgan fingerprint density at radius 3 is 2.52 bits per heavy atom. The maximum atomic E-state index is 13.5. The zero-order valence-corrected chi connectivity index (χ0v) is 20.1. The minimum Gasteiger partial charge on any atom is -0.310 e. The molecular weight excluding hydrogens is 480 g/mol. The van der Waals surface area contributed by atoms with Crippen molar-refractivity contribution in [1.82, 2.24) is 14.5 Å². The van der Waals surface area contributed by atoms with Crippen molar-refractivity contribution in [2.24, 2.45) is 0 Å². The fourth-order valence-electron chi connectivity index (χ4n) is 3.88. The predicted octanol–water partition coefficient (Wildman–Crippen LogP) is 5.97. The van der Waals surface area contributed by atoms with Crippen LogP contribution in [0.1, 0.15) is 31.3 Å². The lowest BCUT2D eigenvalue weighted by Gasteiger charge is -2.30. The number of rotatable bonds is 6. The highest BCUT2D eigenvalue weighted by Crippen LogP contribution is 2.24. The van der Waals surface area contributed by atoms with E-state index in [0.717, 1.165) is 10.0 Å². The first kappa shape index (κ1) is 22.7. The molecule has 33 heavy (non-hydrogen) atoms. The van der Waals surface area contributed by atoms with Gasteiger partial charge in [0.15, 0.2) is 0 Å². The SMILES string of the molecule is CCn1c(C(C)N(Cc2ccccc2)C(=O)Nc2cccc(Br)c2)nc2ccccc2c1=O. The molecule has 1 aromatic heterocycles. The second kappa shape index (κ2) is 10.0. The number of nitrogens with one attached hydrogen (secondary N) is 1. The number of amides is 2. The number of carbonyl (C=O) groups excluding carboxylic acids is 1. The first-order chi connectivity index (χ1) is 16.0. The monoisotopic (exact) mass is 504 g/mol. The molecule has 0 spiro atoms. The number of aromatic nitrogens is 2. The van der Waals surface area contributed by atoms with Crippen molar-refractivity contribution in [2.45, 2.75) is 33.0 Å². The van der Waals surface area contributed by atoms with E-state index in [2.05, 4.69) is 21.2 Å². The van der Waals surface area contributed by atoms with Crippen LogP contribution in [-0.4, -0.2) is 20.5 Å². The van der Waals surface area contributed by atoms with Crippen LogP contribution in [0.5, 0.6) is 0 Å². The summed E-state index contributed by atoms with van der Waals surface area (Å²) in [5, 5.41) is 3.56. The van der Waals surface area contributed by atoms with Gasteiger partial charge < -0.3 is 10.2 Å².